The van der Waals surface area contributed by atoms with Crippen molar-refractivity contribution < 1.29 is 0 Å². The van der Waals surface area contributed by atoms with Gasteiger partial charge in [0.05, 0.1) is 28.0 Å². The molecule has 0 spiro atoms. The molecular weight excluding hydrogens is 691 g/mol. The first kappa shape index (κ1) is 33.3. The quantitative estimate of drug-likeness (QED) is 0.0957. The van der Waals surface area contributed by atoms with E-state index >= 15 is 0 Å². The topological polar surface area (TPSA) is 86.0 Å². The van der Waals surface area contributed by atoms with Crippen LogP contribution in [0.4, 0.5) is 0 Å². The van der Waals surface area contributed by atoms with Gasteiger partial charge in [-0.3, -0.25) is 0 Å². The largest absolute Gasteiger partial charge is 0.354 e. The molecule has 6 nitrogen and oxygen atoms in total. The Balaban J connectivity index is 1.60. The van der Waals surface area contributed by atoms with Crippen LogP contribution in [0.2, 0.25) is 10.3 Å². The van der Waals surface area contributed by atoms with Crippen molar-refractivity contribution in [3.05, 3.63) is 116 Å². The Morgan fingerprint density at radius 2 is 0.804 bits per heavy atom. The molecule has 8 bridgehead atoms. The molecule has 9 heteroatoms. The van der Waals surface area contributed by atoms with Gasteiger partial charge in [0.25, 0.3) is 0 Å². The van der Waals surface area contributed by atoms with Crippen molar-refractivity contribution in [2.45, 2.75) is 46.7 Å². The van der Waals surface area contributed by atoms with E-state index in [9.17, 15) is 0 Å². The summed E-state index contributed by atoms with van der Waals surface area (Å²) in [6.07, 6.45) is 6.00. The summed E-state index contributed by atoms with van der Waals surface area (Å²) in [4.78, 5) is 25.9. The maximum absolute atomic E-state index is 6.99. The first-order valence-electron chi connectivity index (χ1n) is 16.8. The zero-order valence-corrected chi connectivity index (χ0v) is 31.8. The summed E-state index contributed by atoms with van der Waals surface area (Å²) in [6.45, 7) is 12.9. The summed E-state index contributed by atoms with van der Waals surface area (Å²) in [5.41, 5.74) is 20.0. The Kier molecular flexibility index (Phi) is 8.33. The Morgan fingerprint density at radius 3 is 1.24 bits per heavy atom. The third kappa shape index (κ3) is 5.74. The van der Waals surface area contributed by atoms with Gasteiger partial charge in [-0.25, -0.2) is 15.0 Å². The molecule has 1 aliphatic rings. The summed E-state index contributed by atoms with van der Waals surface area (Å²) in [5, 5.41) is 1.03. The van der Waals surface area contributed by atoms with Crippen LogP contribution < -0.4 is 0 Å². The number of hydrogen-bond acceptors (Lipinski definition) is 4. The van der Waals surface area contributed by atoms with Crippen molar-refractivity contribution in [2.24, 2.45) is 0 Å². The lowest BCUT2D eigenvalue weighted by molar-refractivity contribution is 0.974. The lowest BCUT2D eigenvalue weighted by Crippen LogP contribution is -1.96. The number of rotatable bonds is 4. The molecule has 0 saturated heterocycles. The van der Waals surface area contributed by atoms with Crippen molar-refractivity contribution in [1.82, 2.24) is 29.9 Å². The van der Waals surface area contributed by atoms with Gasteiger partial charge >= 0.3 is 0 Å². The number of aromatic nitrogens is 6. The van der Waals surface area contributed by atoms with E-state index in [1.165, 1.54) is 50.7 Å². The molecule has 2 aromatic carbocycles. The molecule has 0 unspecified atom stereocenters. The summed E-state index contributed by atoms with van der Waals surface area (Å²) in [6, 6.07) is 21.7. The van der Waals surface area contributed by atoms with E-state index in [0.29, 0.717) is 16.4 Å². The van der Waals surface area contributed by atoms with Crippen molar-refractivity contribution in [2.75, 3.05) is 6.26 Å². The molecule has 51 heavy (non-hydrogen) atoms. The fourth-order valence-electron chi connectivity index (χ4n) is 7.78. The van der Waals surface area contributed by atoms with Crippen LogP contribution in [0, 0.1) is 41.5 Å². The lowest BCUT2D eigenvalue weighted by atomic mass is 9.92. The van der Waals surface area contributed by atoms with Crippen LogP contribution in [0.3, 0.4) is 0 Å². The van der Waals surface area contributed by atoms with E-state index in [0.717, 1.165) is 61.0 Å². The van der Waals surface area contributed by atoms with Crippen molar-refractivity contribution in [3.63, 3.8) is 0 Å². The van der Waals surface area contributed by atoms with Crippen molar-refractivity contribution in [1.29, 1.82) is 0 Å². The summed E-state index contributed by atoms with van der Waals surface area (Å²) in [5.74, 6) is 0. The Bertz CT molecular complexity index is 2660. The molecule has 0 atom stereocenters. The third-order valence-electron chi connectivity index (χ3n) is 9.66. The first-order chi connectivity index (χ1) is 24.5. The van der Waals surface area contributed by atoms with Crippen LogP contribution in [0.25, 0.3) is 78.6 Å². The number of aryl methyl sites for hydroxylation is 6. The molecule has 0 aliphatic carbocycles. The highest BCUT2D eigenvalue weighted by molar-refractivity contribution is 7.98. The molecule has 6 heterocycles. The predicted molar refractivity (Wildman–Crippen MR) is 217 cm³/mol. The molecule has 254 valence electrons. The van der Waals surface area contributed by atoms with E-state index < -0.39 is 0 Å². The maximum atomic E-state index is 6.99. The van der Waals surface area contributed by atoms with Crippen molar-refractivity contribution in [3.8, 4) is 33.4 Å². The Labute approximate surface area is 310 Å². The van der Waals surface area contributed by atoms with Gasteiger partial charge in [-0.05, 0) is 130 Å². The van der Waals surface area contributed by atoms with E-state index in [4.69, 9.17) is 28.2 Å². The predicted octanol–water partition coefficient (Wildman–Crippen LogP) is 12.4. The van der Waals surface area contributed by atoms with Crippen molar-refractivity contribution >= 4 is 80.2 Å². The number of hydrogen-bond donors (Lipinski definition) is 3. The number of H-pyrrole nitrogens is 3. The minimum Gasteiger partial charge on any atom is -0.354 e. The Hall–Kier alpha value is -4.82. The maximum Gasteiger partial charge on any atom is 0.190 e. The second-order valence-corrected chi connectivity index (χ2v) is 14.9. The van der Waals surface area contributed by atoms with Gasteiger partial charge in [0.15, 0.2) is 5.16 Å². The second kappa shape index (κ2) is 12.7. The number of thioether (sulfide) groups is 1. The number of nitrogens with zero attached hydrogens (tertiary/aromatic N) is 3. The van der Waals surface area contributed by atoms with Gasteiger partial charge in [-0.15, -0.1) is 0 Å². The van der Waals surface area contributed by atoms with Gasteiger partial charge in [-0.2, -0.15) is 0 Å². The van der Waals surface area contributed by atoms with Gasteiger partial charge in [0, 0.05) is 38.8 Å². The van der Waals surface area contributed by atoms with Gasteiger partial charge < -0.3 is 15.0 Å². The fourth-order valence-corrected chi connectivity index (χ4v) is 8.82. The summed E-state index contributed by atoms with van der Waals surface area (Å²) >= 11 is 15.4. The third-order valence-corrected chi connectivity index (χ3v) is 10.8. The molecule has 1 aliphatic heterocycles. The van der Waals surface area contributed by atoms with Crippen LogP contribution >= 0.6 is 35.0 Å². The van der Waals surface area contributed by atoms with Crippen LogP contribution in [-0.2, 0) is 0 Å². The molecule has 0 fully saturated rings. The monoisotopic (exact) mass is 726 g/mol. The van der Waals surface area contributed by atoms with Crippen LogP contribution in [-0.4, -0.2) is 36.2 Å². The first-order valence-corrected chi connectivity index (χ1v) is 18.8. The zero-order chi connectivity index (χ0) is 35.7. The van der Waals surface area contributed by atoms with Crippen LogP contribution in [0.1, 0.15) is 44.8 Å². The standard InChI is InChI=1S/C42H36Cl2N6S/c1-20-16-22(3)34(23(4)17-20)36-28-10-8-26(45-28)27-9-11-29(46-27)37(35-24(5)18-21(2)19-25(35)6)31-13-15-33(48-31)38(32-14-12-30(36)47-32)39-40(43)49-42(51-7)50-41(39)44/h8-19,45-47H,1-7H3. The molecule has 7 aromatic rings. The Morgan fingerprint density at radius 1 is 0.451 bits per heavy atom. The van der Waals surface area contributed by atoms with E-state index in [1.807, 2.05) is 12.3 Å². The summed E-state index contributed by atoms with van der Waals surface area (Å²) < 4.78 is 0. The number of halogens is 2. The van der Waals surface area contributed by atoms with Gasteiger partial charge in [0.1, 0.15) is 10.3 Å². The fraction of sp³-hybridized carbons (Fsp3) is 0.167. The molecular formula is C42H36Cl2N6S. The average molecular weight is 728 g/mol. The van der Waals surface area contributed by atoms with E-state index in [1.54, 1.807) is 0 Å². The molecule has 0 radical (unpaired) electrons. The average Bonchev–Trinajstić information content (AvgIpc) is 3.89. The van der Waals surface area contributed by atoms with Crippen LogP contribution in [0.5, 0.6) is 0 Å². The normalized spacial score (nSPS) is 12.0. The SMILES string of the molecule is CSc1nc(Cl)c(-c2c3nc(c(-c4c(C)cc(C)cc4C)c4ccc([nH]4)c4ccc([nH]4)c(-c4c(C)cc(C)cc4C)c4ccc2[nH]4)C=C3)c(Cl)n1. The molecule has 0 saturated carbocycles. The highest BCUT2D eigenvalue weighted by Gasteiger charge is 2.23. The smallest absolute Gasteiger partial charge is 0.190 e. The number of aromatic amines is 3. The number of benzene rings is 2. The minimum atomic E-state index is 0.264. The highest BCUT2D eigenvalue weighted by Crippen LogP contribution is 2.42. The minimum absolute atomic E-state index is 0.264. The number of fused-ring (bicyclic) bond motifs is 9. The zero-order valence-electron chi connectivity index (χ0n) is 29.4. The highest BCUT2D eigenvalue weighted by atomic mass is 35.5. The molecule has 0 amide bonds. The molecule has 8 rings (SSSR count). The van der Waals surface area contributed by atoms with E-state index in [-0.39, 0.29) is 10.3 Å². The van der Waals surface area contributed by atoms with Gasteiger partial charge in [0.2, 0.25) is 0 Å². The lowest BCUT2D eigenvalue weighted by Gasteiger charge is -2.13. The van der Waals surface area contributed by atoms with Gasteiger partial charge in [-0.1, -0.05) is 70.4 Å². The van der Waals surface area contributed by atoms with Crippen LogP contribution in [0.15, 0.2) is 65.8 Å². The summed E-state index contributed by atoms with van der Waals surface area (Å²) in [7, 11) is 0. The second-order valence-electron chi connectivity index (χ2n) is 13.4. The van der Waals surface area contributed by atoms with E-state index in [2.05, 4.69) is 133 Å². The molecule has 3 N–H and O–H groups in total. The number of nitrogens with one attached hydrogen (secondary N) is 3. The molecule has 5 aromatic heterocycles.